The van der Waals surface area contributed by atoms with E-state index >= 15 is 0 Å². The highest BCUT2D eigenvalue weighted by atomic mass is 35.5. The summed E-state index contributed by atoms with van der Waals surface area (Å²) in [5.41, 5.74) is -0.370. The largest absolute Gasteiger partial charge is 0.481 e. The highest BCUT2D eigenvalue weighted by Crippen LogP contribution is 2.52. The minimum Gasteiger partial charge on any atom is -0.481 e. The molecule has 0 spiro atoms. The number of aliphatic carboxylic acids is 1. The first-order chi connectivity index (χ1) is 18.8. The van der Waals surface area contributed by atoms with Crippen LogP contribution in [0.4, 0.5) is 0 Å². The van der Waals surface area contributed by atoms with E-state index in [9.17, 15) is 27.9 Å². The van der Waals surface area contributed by atoms with E-state index in [4.69, 9.17) is 23.2 Å². The van der Waals surface area contributed by atoms with Crippen molar-refractivity contribution >= 4 is 50.0 Å². The van der Waals surface area contributed by atoms with Gasteiger partial charge in [0.15, 0.2) is 0 Å². The fourth-order valence-corrected chi connectivity index (χ4v) is 7.86. The summed E-state index contributed by atoms with van der Waals surface area (Å²) in [5, 5.41) is 9.92. The predicted octanol–water partition coefficient (Wildman–Crippen LogP) is 6.93. The van der Waals surface area contributed by atoms with Gasteiger partial charge in [0.25, 0.3) is 0 Å². The Balaban J connectivity index is 2.26. The summed E-state index contributed by atoms with van der Waals surface area (Å²) >= 11 is 12.6. The average Bonchev–Trinajstić information content (AvgIpc) is 2.83. The standard InChI is InChI=1S/C31H39Cl2NO6S/c1-19(2)25(18-41(39,40)27(37)17-30(3,4)5)34-28(20-10-12-22(32)13-11-20)24(21-8-7-9-23(33)14-21)15-31(6,29(34)38)16-26(35)36/h7-14,19,24-25,28H,15-18H2,1-6H3,(H,35,36)/t24-,25-,28-,31-/m1/s1. The molecule has 224 valence electrons. The molecule has 7 nitrogen and oxygen atoms in total. The Labute approximate surface area is 253 Å². The molecular formula is C31H39Cl2NO6S. The number of carbonyl (C=O) groups is 3. The summed E-state index contributed by atoms with van der Waals surface area (Å²) in [6.07, 6.45) is -0.396. The molecule has 2 aromatic carbocycles. The predicted molar refractivity (Wildman–Crippen MR) is 162 cm³/mol. The minimum absolute atomic E-state index is 0.156. The molecule has 0 aromatic heterocycles. The van der Waals surface area contributed by atoms with Gasteiger partial charge in [-0.3, -0.25) is 14.4 Å². The Kier molecular flexibility index (Phi) is 10.0. The molecule has 1 aliphatic heterocycles. The maximum Gasteiger partial charge on any atom is 0.304 e. The molecule has 0 bridgehead atoms. The quantitative estimate of drug-likeness (QED) is 0.324. The lowest BCUT2D eigenvalue weighted by molar-refractivity contribution is -0.161. The van der Waals surface area contributed by atoms with Crippen LogP contribution in [0.3, 0.4) is 0 Å². The van der Waals surface area contributed by atoms with Crippen LogP contribution in [0.1, 0.15) is 83.9 Å². The van der Waals surface area contributed by atoms with Crippen molar-refractivity contribution in [3.8, 4) is 0 Å². The number of piperidine rings is 1. The van der Waals surface area contributed by atoms with Crippen molar-refractivity contribution in [2.45, 2.75) is 78.8 Å². The molecule has 41 heavy (non-hydrogen) atoms. The number of carboxylic acids is 1. The molecule has 0 unspecified atom stereocenters. The third-order valence-corrected chi connectivity index (χ3v) is 9.78. The summed E-state index contributed by atoms with van der Waals surface area (Å²) in [5.74, 6) is -2.97. The second-order valence-corrected chi connectivity index (χ2v) is 15.8. The highest BCUT2D eigenvalue weighted by molar-refractivity contribution is 8.06. The zero-order valence-electron chi connectivity index (χ0n) is 24.4. The van der Waals surface area contributed by atoms with Crippen LogP contribution in [-0.4, -0.2) is 47.2 Å². The Hall–Kier alpha value is -2.42. The molecule has 1 N–H and O–H groups in total. The molecule has 2 aromatic rings. The molecule has 1 aliphatic rings. The molecule has 0 radical (unpaired) electrons. The zero-order chi connectivity index (χ0) is 30.9. The number of sulfone groups is 1. The van der Waals surface area contributed by atoms with Crippen molar-refractivity contribution in [2.75, 3.05) is 5.75 Å². The molecule has 1 fully saturated rings. The van der Waals surface area contributed by atoms with Crippen LogP contribution in [0, 0.1) is 16.7 Å². The molecule has 4 atom stereocenters. The van der Waals surface area contributed by atoms with Gasteiger partial charge >= 0.3 is 5.97 Å². The number of carbonyl (C=O) groups excluding carboxylic acids is 2. The van der Waals surface area contributed by atoms with Crippen molar-refractivity contribution < 1.29 is 27.9 Å². The van der Waals surface area contributed by atoms with Crippen molar-refractivity contribution in [3.05, 3.63) is 69.7 Å². The van der Waals surface area contributed by atoms with Gasteiger partial charge in [0.05, 0.1) is 23.6 Å². The maximum absolute atomic E-state index is 14.4. The van der Waals surface area contributed by atoms with Gasteiger partial charge in [-0.2, -0.15) is 0 Å². The molecule has 1 heterocycles. The lowest BCUT2D eigenvalue weighted by Crippen LogP contribution is -2.59. The van der Waals surface area contributed by atoms with E-state index in [0.717, 1.165) is 5.56 Å². The van der Waals surface area contributed by atoms with Crippen LogP contribution in [-0.2, 0) is 24.2 Å². The number of nitrogens with zero attached hydrogens (tertiary/aromatic N) is 1. The summed E-state index contributed by atoms with van der Waals surface area (Å²) in [4.78, 5) is 41.0. The van der Waals surface area contributed by atoms with E-state index in [-0.39, 0.29) is 18.8 Å². The highest BCUT2D eigenvalue weighted by Gasteiger charge is 2.53. The van der Waals surface area contributed by atoms with Gasteiger partial charge in [-0.1, -0.05) is 89.0 Å². The lowest BCUT2D eigenvalue weighted by Gasteiger charge is -2.52. The number of amides is 1. The molecule has 0 saturated carbocycles. The SMILES string of the molecule is CC(C)[C@@H](CS(=O)(=O)C(=O)CC(C)(C)C)N1C(=O)[C@@](C)(CC(=O)O)C[C@H](c2cccc(Cl)c2)[C@H]1c1ccc(Cl)cc1. The fourth-order valence-electron chi connectivity index (χ4n) is 5.70. The van der Waals surface area contributed by atoms with Crippen LogP contribution in [0.5, 0.6) is 0 Å². The van der Waals surface area contributed by atoms with Gasteiger partial charge < -0.3 is 10.0 Å². The normalized spacial score (nSPS) is 22.6. The van der Waals surface area contributed by atoms with Crippen LogP contribution in [0.2, 0.25) is 10.0 Å². The number of hydrogen-bond acceptors (Lipinski definition) is 5. The van der Waals surface area contributed by atoms with E-state index in [1.165, 1.54) is 4.90 Å². The van der Waals surface area contributed by atoms with E-state index in [1.54, 1.807) is 84.0 Å². The van der Waals surface area contributed by atoms with Crippen molar-refractivity contribution in [3.63, 3.8) is 0 Å². The van der Waals surface area contributed by atoms with Gasteiger partial charge in [-0.15, -0.1) is 0 Å². The molecule has 1 amide bonds. The van der Waals surface area contributed by atoms with Crippen LogP contribution < -0.4 is 0 Å². The van der Waals surface area contributed by atoms with E-state index in [1.807, 2.05) is 6.07 Å². The van der Waals surface area contributed by atoms with Gasteiger partial charge in [0, 0.05) is 28.4 Å². The first kappa shape index (κ1) is 33.1. The molecule has 0 aliphatic carbocycles. The number of hydrogen-bond donors (Lipinski definition) is 1. The van der Waals surface area contributed by atoms with E-state index in [2.05, 4.69) is 0 Å². The number of rotatable bonds is 9. The van der Waals surface area contributed by atoms with E-state index in [0.29, 0.717) is 15.6 Å². The van der Waals surface area contributed by atoms with Crippen molar-refractivity contribution in [1.82, 2.24) is 4.90 Å². The summed E-state index contributed by atoms with van der Waals surface area (Å²) in [7, 11) is -4.26. The fraction of sp³-hybridized carbons (Fsp3) is 0.516. The van der Waals surface area contributed by atoms with Gasteiger partial charge in [-0.05, 0) is 53.1 Å². The van der Waals surface area contributed by atoms with Crippen molar-refractivity contribution in [1.29, 1.82) is 0 Å². The minimum atomic E-state index is -4.26. The Morgan fingerprint density at radius 1 is 1.05 bits per heavy atom. The smallest absolute Gasteiger partial charge is 0.304 e. The third kappa shape index (κ3) is 7.90. The summed E-state index contributed by atoms with van der Waals surface area (Å²) in [6, 6.07) is 12.6. The Morgan fingerprint density at radius 3 is 2.17 bits per heavy atom. The lowest BCUT2D eigenvalue weighted by atomic mass is 9.66. The molecule has 10 heteroatoms. The molecule has 3 rings (SSSR count). The summed E-state index contributed by atoms with van der Waals surface area (Å²) < 4.78 is 27.0. The average molecular weight is 625 g/mol. The van der Waals surface area contributed by atoms with Crippen LogP contribution in [0.15, 0.2) is 48.5 Å². The van der Waals surface area contributed by atoms with Crippen LogP contribution in [0.25, 0.3) is 0 Å². The number of benzene rings is 2. The Bertz CT molecular complexity index is 1400. The second kappa shape index (κ2) is 12.4. The number of halogens is 2. The third-order valence-electron chi connectivity index (χ3n) is 7.67. The Morgan fingerprint density at radius 2 is 1.66 bits per heavy atom. The zero-order valence-corrected chi connectivity index (χ0v) is 26.7. The van der Waals surface area contributed by atoms with E-state index < -0.39 is 67.8 Å². The summed E-state index contributed by atoms with van der Waals surface area (Å²) in [6.45, 7) is 10.6. The molecule has 1 saturated heterocycles. The van der Waals surface area contributed by atoms with Gasteiger partial charge in [0.2, 0.25) is 20.9 Å². The second-order valence-electron chi connectivity index (χ2n) is 12.9. The monoisotopic (exact) mass is 623 g/mol. The van der Waals surface area contributed by atoms with Gasteiger partial charge in [0.1, 0.15) is 0 Å². The van der Waals surface area contributed by atoms with Crippen molar-refractivity contribution in [2.24, 2.45) is 16.7 Å². The van der Waals surface area contributed by atoms with Gasteiger partial charge in [-0.25, -0.2) is 8.42 Å². The van der Waals surface area contributed by atoms with Crippen LogP contribution >= 0.6 is 23.2 Å². The number of carboxylic acid groups (broad SMARTS) is 1. The molecular weight excluding hydrogens is 585 g/mol. The maximum atomic E-state index is 14.4. The number of likely N-dealkylation sites (tertiary alicyclic amines) is 1. The first-order valence-corrected chi connectivity index (χ1v) is 16.1. The first-order valence-electron chi connectivity index (χ1n) is 13.7. The topological polar surface area (TPSA) is 109 Å².